The number of carbonyl (C=O) groups excluding carboxylic acids is 3. The minimum atomic E-state index is -1.80. The number of aliphatic hydroxyl groups excluding tert-OH is 1. The number of carbonyl (C=O) groups is 3. The lowest BCUT2D eigenvalue weighted by atomic mass is 9.82. The fraction of sp³-hybridized carbons (Fsp3) is 0.346. The lowest BCUT2D eigenvalue weighted by Crippen LogP contribution is -2.52. The number of hydrogen-bond acceptors (Lipinski definition) is 7. The number of aliphatic hydroxyl groups is 1. The summed E-state index contributed by atoms with van der Waals surface area (Å²) in [7, 11) is 1.48. The predicted octanol–water partition coefficient (Wildman–Crippen LogP) is 2.44. The van der Waals surface area contributed by atoms with Gasteiger partial charge < -0.3 is 29.1 Å². The van der Waals surface area contributed by atoms with E-state index >= 15 is 0 Å². The molecule has 1 saturated heterocycles. The van der Waals surface area contributed by atoms with Gasteiger partial charge in [0, 0.05) is 31.3 Å². The van der Waals surface area contributed by atoms with Crippen molar-refractivity contribution in [2.75, 3.05) is 44.9 Å². The first-order valence-electron chi connectivity index (χ1n) is 11.6. The van der Waals surface area contributed by atoms with Crippen LogP contribution in [0.3, 0.4) is 0 Å². The maximum Gasteiger partial charge on any atom is 0.296 e. The van der Waals surface area contributed by atoms with Crippen molar-refractivity contribution in [1.29, 1.82) is 0 Å². The van der Waals surface area contributed by atoms with Crippen molar-refractivity contribution in [3.05, 3.63) is 59.2 Å². The summed E-state index contributed by atoms with van der Waals surface area (Å²) >= 11 is 0. The summed E-state index contributed by atoms with van der Waals surface area (Å²) in [5, 5.41) is 11.5. The lowest BCUT2D eigenvalue weighted by Gasteiger charge is -2.34. The van der Waals surface area contributed by atoms with Crippen molar-refractivity contribution in [2.45, 2.75) is 18.9 Å². The van der Waals surface area contributed by atoms with Crippen molar-refractivity contribution in [3.63, 3.8) is 0 Å². The zero-order chi connectivity index (χ0) is 24.7. The standard InChI is InChI=1S/C26H26N2O7/c1-3-10-27-18-7-5-4-6-17(18)26(25(27)32)21(23(30)24(31)28(26)11-12-33-2)22(29)16-8-9-19-20(15-16)35-14-13-34-19/h4-9,15,29H,3,10-14H2,1-2H3/b22-21+. The van der Waals surface area contributed by atoms with Crippen molar-refractivity contribution in [2.24, 2.45) is 0 Å². The van der Waals surface area contributed by atoms with Crippen LogP contribution in [0.5, 0.6) is 11.5 Å². The number of methoxy groups -OCH3 is 1. The summed E-state index contributed by atoms with van der Waals surface area (Å²) in [6, 6.07) is 11.8. The molecule has 0 radical (unpaired) electrons. The Morgan fingerprint density at radius 3 is 2.54 bits per heavy atom. The smallest absolute Gasteiger partial charge is 0.296 e. The number of ketones is 1. The Labute approximate surface area is 202 Å². The molecular formula is C26H26N2O7. The molecule has 3 aliphatic rings. The highest BCUT2D eigenvalue weighted by Gasteiger charge is 2.66. The second kappa shape index (κ2) is 8.74. The number of ether oxygens (including phenoxy) is 3. The van der Waals surface area contributed by atoms with Gasteiger partial charge in [-0.05, 0) is 30.7 Å². The van der Waals surface area contributed by atoms with Crippen LogP contribution in [0.25, 0.3) is 5.76 Å². The molecule has 1 atom stereocenters. The van der Waals surface area contributed by atoms with E-state index in [2.05, 4.69) is 0 Å². The molecule has 0 aromatic heterocycles. The molecule has 0 bridgehead atoms. The molecule has 3 aliphatic heterocycles. The number of para-hydroxylation sites is 1. The summed E-state index contributed by atoms with van der Waals surface area (Å²) in [6.07, 6.45) is 0.670. The van der Waals surface area contributed by atoms with E-state index in [4.69, 9.17) is 14.2 Å². The highest BCUT2D eigenvalue weighted by atomic mass is 16.6. The topological polar surface area (TPSA) is 106 Å². The second-order valence-electron chi connectivity index (χ2n) is 8.55. The van der Waals surface area contributed by atoms with Gasteiger partial charge in [0.2, 0.25) is 0 Å². The molecule has 9 nitrogen and oxygen atoms in total. The number of rotatable bonds is 6. The van der Waals surface area contributed by atoms with Crippen LogP contribution in [-0.2, 0) is 24.7 Å². The number of amides is 2. The molecule has 0 aliphatic carbocycles. The molecule has 1 N–H and O–H groups in total. The van der Waals surface area contributed by atoms with Crippen LogP contribution in [0.1, 0.15) is 24.5 Å². The second-order valence-corrected chi connectivity index (χ2v) is 8.55. The highest BCUT2D eigenvalue weighted by Crippen LogP contribution is 2.53. The first kappa shape index (κ1) is 22.9. The van der Waals surface area contributed by atoms with Crippen molar-refractivity contribution in [1.82, 2.24) is 4.90 Å². The van der Waals surface area contributed by atoms with Crippen LogP contribution in [0.15, 0.2) is 48.0 Å². The average molecular weight is 479 g/mol. The van der Waals surface area contributed by atoms with Crippen molar-refractivity contribution >= 4 is 29.0 Å². The maximum absolute atomic E-state index is 14.2. The molecule has 182 valence electrons. The van der Waals surface area contributed by atoms with E-state index in [9.17, 15) is 19.5 Å². The van der Waals surface area contributed by atoms with Gasteiger partial charge in [0.1, 0.15) is 19.0 Å². The first-order valence-corrected chi connectivity index (χ1v) is 11.6. The summed E-state index contributed by atoms with van der Waals surface area (Å²) in [6.45, 7) is 3.20. The van der Waals surface area contributed by atoms with E-state index in [0.717, 1.165) is 0 Å². The Morgan fingerprint density at radius 2 is 1.80 bits per heavy atom. The van der Waals surface area contributed by atoms with Gasteiger partial charge in [0.25, 0.3) is 17.6 Å². The molecule has 35 heavy (non-hydrogen) atoms. The van der Waals surface area contributed by atoms with Gasteiger partial charge in [0.05, 0.1) is 17.9 Å². The number of nitrogens with zero attached hydrogens (tertiary/aromatic N) is 2. The molecule has 1 fully saturated rings. The number of anilines is 1. The van der Waals surface area contributed by atoms with Crippen LogP contribution < -0.4 is 14.4 Å². The summed E-state index contributed by atoms with van der Waals surface area (Å²) in [5.41, 5.74) is -0.719. The third-order valence-corrected chi connectivity index (χ3v) is 6.59. The number of Topliss-reactive ketones (excluding diaryl/α,β-unsaturated/α-hetero) is 1. The van der Waals surface area contributed by atoms with E-state index in [0.29, 0.717) is 48.9 Å². The van der Waals surface area contributed by atoms with Crippen LogP contribution in [0.2, 0.25) is 0 Å². The van der Waals surface area contributed by atoms with Gasteiger partial charge in [-0.1, -0.05) is 25.1 Å². The fourth-order valence-electron chi connectivity index (χ4n) is 5.13. The van der Waals surface area contributed by atoms with Crippen LogP contribution in [0.4, 0.5) is 5.69 Å². The zero-order valence-electron chi connectivity index (χ0n) is 19.6. The fourth-order valence-corrected chi connectivity index (χ4v) is 5.13. The van der Waals surface area contributed by atoms with Gasteiger partial charge in [0.15, 0.2) is 17.0 Å². The molecule has 2 aromatic rings. The molecule has 1 spiro atoms. The number of benzene rings is 2. The molecule has 0 saturated carbocycles. The lowest BCUT2D eigenvalue weighted by molar-refractivity contribution is -0.144. The van der Waals surface area contributed by atoms with Crippen molar-refractivity contribution in [3.8, 4) is 11.5 Å². The van der Waals surface area contributed by atoms with Gasteiger partial charge in [-0.15, -0.1) is 0 Å². The van der Waals surface area contributed by atoms with E-state index in [1.54, 1.807) is 47.4 Å². The van der Waals surface area contributed by atoms with Crippen LogP contribution in [-0.4, -0.2) is 67.6 Å². The summed E-state index contributed by atoms with van der Waals surface area (Å²) in [4.78, 5) is 43.8. The molecule has 2 amide bonds. The Bertz CT molecular complexity index is 1250. The third-order valence-electron chi connectivity index (χ3n) is 6.59. The normalized spacial score (nSPS) is 22.3. The van der Waals surface area contributed by atoms with Gasteiger partial charge >= 0.3 is 0 Å². The predicted molar refractivity (Wildman–Crippen MR) is 126 cm³/mol. The molecule has 5 rings (SSSR count). The van der Waals surface area contributed by atoms with E-state index in [1.165, 1.54) is 12.0 Å². The summed E-state index contributed by atoms with van der Waals surface area (Å²) < 4.78 is 16.4. The van der Waals surface area contributed by atoms with Gasteiger partial charge in [-0.3, -0.25) is 14.4 Å². The summed E-state index contributed by atoms with van der Waals surface area (Å²) in [5.74, 6) is -1.75. The molecular weight excluding hydrogens is 452 g/mol. The SMILES string of the molecule is CCCN1C(=O)C2(/C(=C(/O)c3ccc4c(c3)OCCO4)C(=O)C(=O)N2CCOC)c2ccccc21. The number of fused-ring (bicyclic) bond motifs is 3. The zero-order valence-corrected chi connectivity index (χ0v) is 19.6. The molecule has 3 heterocycles. The third kappa shape index (κ3) is 3.22. The van der Waals surface area contributed by atoms with Crippen LogP contribution >= 0.6 is 0 Å². The Kier molecular flexibility index (Phi) is 5.72. The first-order chi connectivity index (χ1) is 17.0. The van der Waals surface area contributed by atoms with Gasteiger partial charge in [-0.2, -0.15) is 0 Å². The van der Waals surface area contributed by atoms with E-state index in [-0.39, 0.29) is 24.3 Å². The number of hydrogen-bond donors (Lipinski definition) is 1. The minimum absolute atomic E-state index is 0.000961. The number of likely N-dealkylation sites (tertiary alicyclic amines) is 1. The minimum Gasteiger partial charge on any atom is -0.507 e. The Morgan fingerprint density at radius 1 is 1.06 bits per heavy atom. The average Bonchev–Trinajstić information content (AvgIpc) is 3.25. The van der Waals surface area contributed by atoms with E-state index < -0.39 is 28.9 Å². The maximum atomic E-state index is 14.2. The van der Waals surface area contributed by atoms with Crippen LogP contribution in [0, 0.1) is 0 Å². The monoisotopic (exact) mass is 478 g/mol. The highest BCUT2D eigenvalue weighted by molar-refractivity contribution is 6.50. The quantitative estimate of drug-likeness (QED) is 0.386. The molecule has 1 unspecified atom stereocenters. The van der Waals surface area contributed by atoms with Crippen molar-refractivity contribution < 1.29 is 33.7 Å². The Hall–Kier alpha value is -3.85. The Balaban J connectivity index is 1.78. The molecule has 2 aromatic carbocycles. The molecule has 9 heteroatoms. The van der Waals surface area contributed by atoms with E-state index in [1.807, 2.05) is 6.92 Å². The van der Waals surface area contributed by atoms with Gasteiger partial charge in [-0.25, -0.2) is 0 Å². The largest absolute Gasteiger partial charge is 0.507 e.